The number of esters is 1. The fourth-order valence-electron chi connectivity index (χ4n) is 2.96. The van der Waals surface area contributed by atoms with Crippen LogP contribution in [0.5, 0.6) is 0 Å². The number of benzene rings is 1. The van der Waals surface area contributed by atoms with Crippen LogP contribution in [-0.2, 0) is 19.6 Å². The van der Waals surface area contributed by atoms with Crippen molar-refractivity contribution in [2.45, 2.75) is 53.4 Å². The Hall–Kier alpha value is -1.40. The molecule has 0 fully saturated rings. The number of methoxy groups -OCH3 is 1. The zero-order valence-electron chi connectivity index (χ0n) is 16.0. The molecule has 0 aliphatic carbocycles. The summed E-state index contributed by atoms with van der Waals surface area (Å²) in [7, 11) is -2.38. The second-order valence-corrected chi connectivity index (χ2v) is 8.21. The van der Waals surface area contributed by atoms with E-state index in [2.05, 4.69) is 0 Å². The Morgan fingerprint density at radius 2 is 1.42 bits per heavy atom. The van der Waals surface area contributed by atoms with Crippen molar-refractivity contribution >= 4 is 16.0 Å². The van der Waals surface area contributed by atoms with Crippen LogP contribution in [0.1, 0.15) is 41.7 Å². The second-order valence-electron chi connectivity index (χ2n) is 6.33. The molecule has 0 aliphatic rings. The van der Waals surface area contributed by atoms with E-state index in [9.17, 15) is 13.2 Å². The molecule has 1 unspecified atom stereocenters. The van der Waals surface area contributed by atoms with Crippen LogP contribution in [-0.4, -0.2) is 38.9 Å². The van der Waals surface area contributed by atoms with Crippen molar-refractivity contribution < 1.29 is 17.9 Å². The standard InChI is InChI=1S/C18H29NO4S/c1-9-19(10-11(2)18(20)23-8)24(21,22)17-15(6)13(4)12(3)14(5)16(17)7/h11H,9-10H2,1-8H3. The number of carbonyl (C=O) groups excluding carboxylic acids is 1. The Bertz CT molecular complexity index is 709. The molecule has 0 aromatic heterocycles. The second kappa shape index (κ2) is 7.66. The predicted octanol–water partition coefficient (Wildman–Crippen LogP) is 3.05. The van der Waals surface area contributed by atoms with E-state index in [4.69, 9.17) is 4.74 Å². The lowest BCUT2D eigenvalue weighted by molar-refractivity contribution is -0.145. The van der Waals surface area contributed by atoms with Gasteiger partial charge in [0.2, 0.25) is 10.0 Å². The molecule has 0 saturated heterocycles. The number of sulfonamides is 1. The number of carbonyl (C=O) groups is 1. The normalized spacial score (nSPS) is 13.2. The number of hydrogen-bond acceptors (Lipinski definition) is 4. The third-order valence-electron chi connectivity index (χ3n) is 4.96. The van der Waals surface area contributed by atoms with Crippen LogP contribution in [0.15, 0.2) is 4.90 Å². The topological polar surface area (TPSA) is 63.7 Å². The van der Waals surface area contributed by atoms with Gasteiger partial charge in [0, 0.05) is 13.1 Å². The lowest BCUT2D eigenvalue weighted by Gasteiger charge is -2.26. The molecule has 0 N–H and O–H groups in total. The fourth-order valence-corrected chi connectivity index (χ4v) is 5.06. The first kappa shape index (κ1) is 20.6. The highest BCUT2D eigenvalue weighted by Crippen LogP contribution is 2.31. The average molecular weight is 356 g/mol. The van der Waals surface area contributed by atoms with E-state index in [1.54, 1.807) is 13.8 Å². The number of rotatable bonds is 6. The molecule has 0 saturated carbocycles. The highest BCUT2D eigenvalue weighted by Gasteiger charge is 2.31. The van der Waals surface area contributed by atoms with Gasteiger partial charge in [-0.15, -0.1) is 0 Å². The van der Waals surface area contributed by atoms with Crippen molar-refractivity contribution in [3.63, 3.8) is 0 Å². The molecule has 1 aromatic rings. The van der Waals surface area contributed by atoms with Crippen molar-refractivity contribution in [3.8, 4) is 0 Å². The summed E-state index contributed by atoms with van der Waals surface area (Å²) >= 11 is 0. The summed E-state index contributed by atoms with van der Waals surface area (Å²) in [6.45, 7) is 13.5. The highest BCUT2D eigenvalue weighted by molar-refractivity contribution is 7.89. The minimum absolute atomic E-state index is 0.107. The van der Waals surface area contributed by atoms with Crippen LogP contribution in [0, 0.1) is 40.5 Å². The number of nitrogens with zero attached hydrogens (tertiary/aromatic N) is 1. The Kier molecular flexibility index (Phi) is 6.59. The van der Waals surface area contributed by atoms with E-state index in [0.717, 1.165) is 27.8 Å². The maximum atomic E-state index is 13.2. The van der Waals surface area contributed by atoms with Crippen molar-refractivity contribution in [1.29, 1.82) is 0 Å². The first-order chi connectivity index (χ1) is 11.0. The molecule has 0 spiro atoms. The third kappa shape index (κ3) is 3.64. The van der Waals surface area contributed by atoms with E-state index in [1.807, 2.05) is 34.6 Å². The van der Waals surface area contributed by atoms with Crippen LogP contribution in [0.2, 0.25) is 0 Å². The summed E-state index contributed by atoms with van der Waals surface area (Å²) in [5.74, 6) is -0.925. The summed E-state index contributed by atoms with van der Waals surface area (Å²) in [6, 6.07) is 0. The van der Waals surface area contributed by atoms with Crippen molar-refractivity contribution in [2.75, 3.05) is 20.2 Å². The van der Waals surface area contributed by atoms with Gasteiger partial charge in [-0.05, 0) is 62.4 Å². The van der Waals surface area contributed by atoms with Gasteiger partial charge in [0.25, 0.3) is 0 Å². The summed E-state index contributed by atoms with van der Waals surface area (Å²) in [5.41, 5.74) is 4.66. The predicted molar refractivity (Wildman–Crippen MR) is 95.7 cm³/mol. The lowest BCUT2D eigenvalue weighted by Crippen LogP contribution is -2.38. The van der Waals surface area contributed by atoms with Gasteiger partial charge in [-0.1, -0.05) is 13.8 Å². The van der Waals surface area contributed by atoms with E-state index in [-0.39, 0.29) is 6.54 Å². The molecule has 0 aliphatic heterocycles. The fraction of sp³-hybridized carbons (Fsp3) is 0.611. The van der Waals surface area contributed by atoms with Gasteiger partial charge in [0.15, 0.2) is 0 Å². The molecular formula is C18H29NO4S. The van der Waals surface area contributed by atoms with E-state index in [1.165, 1.54) is 11.4 Å². The SMILES string of the molecule is CCN(CC(C)C(=O)OC)S(=O)(=O)c1c(C)c(C)c(C)c(C)c1C. The van der Waals surface area contributed by atoms with Gasteiger partial charge in [-0.3, -0.25) is 4.79 Å². The van der Waals surface area contributed by atoms with Crippen LogP contribution in [0.4, 0.5) is 0 Å². The summed E-state index contributed by atoms with van der Waals surface area (Å²) in [6.07, 6.45) is 0. The highest BCUT2D eigenvalue weighted by atomic mass is 32.2. The molecule has 1 aromatic carbocycles. The molecule has 0 amide bonds. The minimum atomic E-state index is -3.69. The zero-order valence-corrected chi connectivity index (χ0v) is 16.8. The first-order valence-electron chi connectivity index (χ1n) is 8.15. The molecule has 1 rings (SSSR count). The van der Waals surface area contributed by atoms with E-state index >= 15 is 0 Å². The average Bonchev–Trinajstić information content (AvgIpc) is 2.54. The van der Waals surface area contributed by atoms with Crippen LogP contribution in [0.25, 0.3) is 0 Å². The smallest absolute Gasteiger partial charge is 0.309 e. The van der Waals surface area contributed by atoms with Gasteiger partial charge < -0.3 is 4.74 Å². The monoisotopic (exact) mass is 355 g/mol. The molecular weight excluding hydrogens is 326 g/mol. The Labute approximate surface area is 146 Å². The Balaban J connectivity index is 3.46. The van der Waals surface area contributed by atoms with Gasteiger partial charge in [-0.25, -0.2) is 8.42 Å². The minimum Gasteiger partial charge on any atom is -0.469 e. The molecule has 1 atom stereocenters. The van der Waals surface area contributed by atoms with Crippen molar-refractivity contribution in [1.82, 2.24) is 4.31 Å². The van der Waals surface area contributed by atoms with Crippen LogP contribution in [0.3, 0.4) is 0 Å². The largest absolute Gasteiger partial charge is 0.469 e. The molecule has 24 heavy (non-hydrogen) atoms. The van der Waals surface area contributed by atoms with Crippen LogP contribution < -0.4 is 0 Å². The quantitative estimate of drug-likeness (QED) is 0.736. The number of ether oxygens (including phenoxy) is 1. The number of hydrogen-bond donors (Lipinski definition) is 0. The molecule has 0 radical (unpaired) electrons. The summed E-state index contributed by atoms with van der Waals surface area (Å²) in [4.78, 5) is 12.0. The maximum absolute atomic E-state index is 13.2. The Morgan fingerprint density at radius 1 is 1.00 bits per heavy atom. The van der Waals surface area contributed by atoms with Gasteiger partial charge in [0.05, 0.1) is 17.9 Å². The van der Waals surface area contributed by atoms with Crippen molar-refractivity contribution in [3.05, 3.63) is 27.8 Å². The van der Waals surface area contributed by atoms with E-state index in [0.29, 0.717) is 11.4 Å². The van der Waals surface area contributed by atoms with Gasteiger partial charge >= 0.3 is 5.97 Å². The molecule has 6 heteroatoms. The lowest BCUT2D eigenvalue weighted by atomic mass is 9.95. The van der Waals surface area contributed by atoms with E-state index < -0.39 is 21.9 Å². The summed E-state index contributed by atoms with van der Waals surface area (Å²) in [5, 5.41) is 0. The summed E-state index contributed by atoms with van der Waals surface area (Å²) < 4.78 is 32.6. The third-order valence-corrected chi connectivity index (χ3v) is 7.18. The van der Waals surface area contributed by atoms with Gasteiger partial charge in [0.1, 0.15) is 0 Å². The van der Waals surface area contributed by atoms with Crippen molar-refractivity contribution in [2.24, 2.45) is 5.92 Å². The Morgan fingerprint density at radius 3 is 1.79 bits per heavy atom. The first-order valence-corrected chi connectivity index (χ1v) is 9.59. The molecule has 5 nitrogen and oxygen atoms in total. The van der Waals surface area contributed by atoms with Gasteiger partial charge in [-0.2, -0.15) is 4.31 Å². The molecule has 136 valence electrons. The van der Waals surface area contributed by atoms with Crippen LogP contribution >= 0.6 is 0 Å². The zero-order chi connectivity index (χ0) is 18.8. The molecule has 0 heterocycles. The maximum Gasteiger partial charge on any atom is 0.309 e. The molecule has 0 bridgehead atoms.